The summed E-state index contributed by atoms with van der Waals surface area (Å²) in [5.41, 5.74) is 6.91. The minimum absolute atomic E-state index is 0.0408. The van der Waals surface area contributed by atoms with Crippen LogP contribution in [0, 0.1) is 0 Å². The van der Waals surface area contributed by atoms with Crippen LogP contribution in [0.1, 0.15) is 75.0 Å². The molecule has 0 radical (unpaired) electrons. The van der Waals surface area contributed by atoms with Crippen molar-refractivity contribution in [1.82, 2.24) is 10.9 Å². The van der Waals surface area contributed by atoms with E-state index in [0.29, 0.717) is 12.8 Å². The van der Waals surface area contributed by atoms with Gasteiger partial charge in [0.05, 0.1) is 11.4 Å². The van der Waals surface area contributed by atoms with Crippen molar-refractivity contribution in [2.75, 3.05) is 0 Å². The number of hydrazone groups is 2. The molecule has 0 spiro atoms. The Morgan fingerprint density at radius 1 is 0.733 bits per heavy atom. The zero-order valence-corrected chi connectivity index (χ0v) is 19.3. The third kappa shape index (κ3) is 9.45. The van der Waals surface area contributed by atoms with Gasteiger partial charge >= 0.3 is 0 Å². The molecule has 2 amide bonds. The fraction of sp³-hybridized carbons (Fsp3) is 0.455. The minimum atomic E-state index is -0.0408. The van der Waals surface area contributed by atoms with Crippen LogP contribution in [0.15, 0.2) is 45.2 Å². The fourth-order valence-electron chi connectivity index (χ4n) is 2.76. The van der Waals surface area contributed by atoms with Crippen LogP contribution >= 0.6 is 22.7 Å². The fourth-order valence-corrected chi connectivity index (χ4v) is 4.12. The molecular formula is C22H30N4O2S2. The summed E-state index contributed by atoms with van der Waals surface area (Å²) in [4.78, 5) is 25.8. The lowest BCUT2D eigenvalue weighted by Gasteiger charge is -2.03. The van der Waals surface area contributed by atoms with E-state index in [2.05, 4.69) is 21.1 Å². The second-order valence-corrected chi connectivity index (χ2v) is 8.94. The van der Waals surface area contributed by atoms with Gasteiger partial charge in [-0.1, -0.05) is 37.8 Å². The van der Waals surface area contributed by atoms with Crippen molar-refractivity contribution < 1.29 is 9.59 Å². The Balaban J connectivity index is 1.45. The summed E-state index contributed by atoms with van der Waals surface area (Å²) >= 11 is 3.21. The van der Waals surface area contributed by atoms with E-state index in [9.17, 15) is 9.59 Å². The molecule has 2 aromatic rings. The van der Waals surface area contributed by atoms with Crippen molar-refractivity contribution in [3.8, 4) is 0 Å². The molecule has 0 aliphatic carbocycles. The summed E-state index contributed by atoms with van der Waals surface area (Å²) in [7, 11) is 0. The van der Waals surface area contributed by atoms with E-state index in [1.807, 2.05) is 48.9 Å². The summed E-state index contributed by atoms with van der Waals surface area (Å²) in [6.07, 6.45) is 6.86. The van der Waals surface area contributed by atoms with Crippen LogP contribution in [-0.4, -0.2) is 23.2 Å². The average Bonchev–Trinajstić information content (AvgIpc) is 3.46. The third-order valence-corrected chi connectivity index (χ3v) is 6.47. The number of rotatable bonds is 13. The van der Waals surface area contributed by atoms with Crippen LogP contribution in [0.3, 0.4) is 0 Å². The third-order valence-electron chi connectivity index (χ3n) is 4.51. The van der Waals surface area contributed by atoms with Crippen molar-refractivity contribution in [1.29, 1.82) is 0 Å². The first-order valence-corrected chi connectivity index (χ1v) is 12.1. The number of carbonyl (C=O) groups is 2. The summed E-state index contributed by atoms with van der Waals surface area (Å²) in [5, 5.41) is 12.3. The quantitative estimate of drug-likeness (QED) is 0.248. The van der Waals surface area contributed by atoms with Gasteiger partial charge in [0.25, 0.3) is 0 Å². The lowest BCUT2D eigenvalue weighted by Crippen LogP contribution is -2.18. The summed E-state index contributed by atoms with van der Waals surface area (Å²) in [5.74, 6) is -0.0815. The number of hydrogen-bond donors (Lipinski definition) is 2. The molecule has 0 saturated carbocycles. The lowest BCUT2D eigenvalue weighted by atomic mass is 10.1. The Morgan fingerprint density at radius 2 is 1.13 bits per heavy atom. The second kappa shape index (κ2) is 13.8. The number of nitrogens with one attached hydrogen (secondary N) is 2. The molecular weight excluding hydrogens is 416 g/mol. The van der Waals surface area contributed by atoms with E-state index in [-0.39, 0.29) is 11.8 Å². The van der Waals surface area contributed by atoms with Gasteiger partial charge in [0.1, 0.15) is 0 Å². The number of amides is 2. The number of thiophene rings is 2. The summed E-state index contributed by atoms with van der Waals surface area (Å²) in [6.45, 7) is 3.79. The van der Waals surface area contributed by atoms with Crippen LogP contribution in [0.2, 0.25) is 0 Å². The van der Waals surface area contributed by atoms with Crippen molar-refractivity contribution in [2.45, 2.75) is 65.2 Å². The first kappa shape index (κ1) is 24.0. The number of unbranched alkanes of at least 4 members (excludes halogenated alkanes) is 5. The maximum absolute atomic E-state index is 11.8. The Hall–Kier alpha value is -2.32. The highest BCUT2D eigenvalue weighted by Gasteiger charge is 2.04. The molecule has 6 nitrogen and oxygen atoms in total. The smallest absolute Gasteiger partial charge is 0.240 e. The van der Waals surface area contributed by atoms with Crippen LogP contribution in [0.4, 0.5) is 0 Å². The maximum Gasteiger partial charge on any atom is 0.240 e. The highest BCUT2D eigenvalue weighted by Crippen LogP contribution is 2.11. The molecule has 0 unspecified atom stereocenters. The van der Waals surface area contributed by atoms with Gasteiger partial charge in [-0.2, -0.15) is 10.2 Å². The Labute approximate surface area is 186 Å². The van der Waals surface area contributed by atoms with Crippen LogP contribution in [0.5, 0.6) is 0 Å². The first-order chi connectivity index (χ1) is 14.6. The van der Waals surface area contributed by atoms with Gasteiger partial charge in [-0.15, -0.1) is 22.7 Å². The van der Waals surface area contributed by atoms with Gasteiger partial charge in [0, 0.05) is 22.6 Å². The standard InChI is InChI=1S/C22H30N4O2S2/c1-17(19-11-9-15-29-19)23-25-21(27)13-7-5-3-4-6-8-14-22(28)26-24-18(2)20-12-10-16-30-20/h9-12,15-16H,3-8,13-14H2,1-2H3,(H,25,27)(H,26,28)/b23-17+,24-18+. The van der Waals surface area contributed by atoms with E-state index in [1.54, 1.807) is 22.7 Å². The monoisotopic (exact) mass is 446 g/mol. The van der Waals surface area contributed by atoms with Gasteiger partial charge < -0.3 is 0 Å². The topological polar surface area (TPSA) is 82.9 Å². The van der Waals surface area contributed by atoms with Gasteiger partial charge in [-0.3, -0.25) is 9.59 Å². The normalized spacial score (nSPS) is 12.1. The second-order valence-electron chi connectivity index (χ2n) is 7.04. The first-order valence-electron chi connectivity index (χ1n) is 10.3. The summed E-state index contributed by atoms with van der Waals surface area (Å²) in [6, 6.07) is 7.90. The molecule has 0 fully saturated rings. The molecule has 0 aliphatic rings. The predicted octanol–water partition coefficient (Wildman–Crippen LogP) is 5.31. The highest BCUT2D eigenvalue weighted by atomic mass is 32.1. The molecule has 2 rings (SSSR count). The predicted molar refractivity (Wildman–Crippen MR) is 126 cm³/mol. The molecule has 0 saturated heterocycles. The molecule has 0 atom stereocenters. The Kier molecular flexibility index (Phi) is 11.0. The average molecular weight is 447 g/mol. The van der Waals surface area contributed by atoms with Crippen LogP contribution in [0.25, 0.3) is 0 Å². The highest BCUT2D eigenvalue weighted by molar-refractivity contribution is 7.12. The number of hydrogen-bond acceptors (Lipinski definition) is 6. The minimum Gasteiger partial charge on any atom is -0.273 e. The van der Waals surface area contributed by atoms with Gasteiger partial charge in [0.2, 0.25) is 11.8 Å². The molecule has 162 valence electrons. The van der Waals surface area contributed by atoms with E-state index >= 15 is 0 Å². The zero-order valence-electron chi connectivity index (χ0n) is 17.6. The van der Waals surface area contributed by atoms with Crippen LogP contribution < -0.4 is 10.9 Å². The number of carbonyl (C=O) groups excluding carboxylic acids is 2. The van der Waals surface area contributed by atoms with E-state index in [1.165, 1.54) is 0 Å². The molecule has 30 heavy (non-hydrogen) atoms. The molecule has 2 heterocycles. The lowest BCUT2D eigenvalue weighted by molar-refractivity contribution is -0.122. The van der Waals surface area contributed by atoms with Gasteiger partial charge in [-0.25, -0.2) is 10.9 Å². The molecule has 0 aromatic carbocycles. The number of nitrogens with zero attached hydrogens (tertiary/aromatic N) is 2. The zero-order chi connectivity index (χ0) is 21.6. The van der Waals surface area contributed by atoms with E-state index in [4.69, 9.17) is 0 Å². The Bertz CT molecular complexity index is 757. The van der Waals surface area contributed by atoms with Gasteiger partial charge in [0.15, 0.2) is 0 Å². The Morgan fingerprint density at radius 3 is 1.50 bits per heavy atom. The maximum atomic E-state index is 11.8. The van der Waals surface area contributed by atoms with Gasteiger partial charge in [-0.05, 0) is 49.6 Å². The van der Waals surface area contributed by atoms with Crippen molar-refractivity contribution in [3.63, 3.8) is 0 Å². The van der Waals surface area contributed by atoms with Crippen LogP contribution in [-0.2, 0) is 9.59 Å². The summed E-state index contributed by atoms with van der Waals surface area (Å²) < 4.78 is 0. The molecule has 2 N–H and O–H groups in total. The molecule has 2 aromatic heterocycles. The van der Waals surface area contributed by atoms with Crippen molar-refractivity contribution >= 4 is 45.9 Å². The SMILES string of the molecule is C/C(=N\NC(=O)CCCCCCCCC(=O)N/N=C(\C)c1cccs1)c1cccs1. The van der Waals surface area contributed by atoms with E-state index < -0.39 is 0 Å². The largest absolute Gasteiger partial charge is 0.273 e. The van der Waals surface area contributed by atoms with Crippen molar-refractivity contribution in [2.24, 2.45) is 10.2 Å². The van der Waals surface area contributed by atoms with E-state index in [0.717, 1.165) is 59.7 Å². The molecule has 0 bridgehead atoms. The molecule has 8 heteroatoms. The molecule has 0 aliphatic heterocycles. The van der Waals surface area contributed by atoms with Crippen molar-refractivity contribution in [3.05, 3.63) is 44.8 Å².